The summed E-state index contributed by atoms with van der Waals surface area (Å²) in [6.45, 7) is 5.56. The Kier molecular flexibility index (Phi) is 3.18. The Bertz CT molecular complexity index is 845. The van der Waals surface area contributed by atoms with Crippen molar-refractivity contribution in [2.75, 3.05) is 0 Å². The molecule has 20 heavy (non-hydrogen) atoms. The third kappa shape index (κ3) is 2.07. The first-order chi connectivity index (χ1) is 9.47. The van der Waals surface area contributed by atoms with Crippen LogP contribution < -0.4 is 5.56 Å². The van der Waals surface area contributed by atoms with Crippen LogP contribution in [0.1, 0.15) is 29.6 Å². The third-order valence-corrected chi connectivity index (χ3v) is 4.25. The van der Waals surface area contributed by atoms with Crippen molar-refractivity contribution in [1.29, 1.82) is 0 Å². The molecule has 0 aliphatic heterocycles. The van der Waals surface area contributed by atoms with Crippen LogP contribution in [0.15, 0.2) is 20.7 Å². The van der Waals surface area contributed by atoms with Gasteiger partial charge >= 0.3 is 0 Å². The fourth-order valence-corrected chi connectivity index (χ4v) is 3.30. The minimum Gasteiger partial charge on any atom is -0.466 e. The van der Waals surface area contributed by atoms with Crippen LogP contribution in [0.25, 0.3) is 21.3 Å². The minimum atomic E-state index is -0.324. The molecule has 0 aliphatic rings. The first-order valence-corrected chi connectivity index (χ1v) is 7.52. The number of nitrogens with zero attached hydrogens (tertiary/aromatic N) is 1. The van der Waals surface area contributed by atoms with Crippen molar-refractivity contribution in [3.05, 3.63) is 39.1 Å². The average molecular weight is 309 g/mol. The number of H-pyrrole nitrogens is 1. The standard InChI is InChI=1S/C14H13ClN2O2S/c1-6-4-9(8(3)19-6)10-5-20-14-11(10)13(18)16-12(17-14)7(2)15/h4-5,7H,1-3H3,(H,16,17,18). The number of thiophene rings is 1. The summed E-state index contributed by atoms with van der Waals surface area (Å²) < 4.78 is 5.54. The lowest BCUT2D eigenvalue weighted by molar-refractivity contribution is 0.505. The molecule has 0 radical (unpaired) electrons. The Morgan fingerprint density at radius 1 is 1.40 bits per heavy atom. The number of hydrogen-bond donors (Lipinski definition) is 1. The van der Waals surface area contributed by atoms with E-state index in [1.807, 2.05) is 25.3 Å². The van der Waals surface area contributed by atoms with Crippen LogP contribution in [0.3, 0.4) is 0 Å². The van der Waals surface area contributed by atoms with Crippen LogP contribution in [0.4, 0.5) is 0 Å². The molecule has 3 heterocycles. The van der Waals surface area contributed by atoms with Crippen LogP contribution in [0.2, 0.25) is 0 Å². The van der Waals surface area contributed by atoms with Crippen LogP contribution in [-0.4, -0.2) is 9.97 Å². The minimum absolute atomic E-state index is 0.160. The molecule has 0 spiro atoms. The summed E-state index contributed by atoms with van der Waals surface area (Å²) in [6, 6.07) is 1.94. The first-order valence-electron chi connectivity index (χ1n) is 6.20. The fourth-order valence-electron chi connectivity index (χ4n) is 2.25. The Morgan fingerprint density at radius 3 is 2.75 bits per heavy atom. The quantitative estimate of drug-likeness (QED) is 0.723. The zero-order valence-electron chi connectivity index (χ0n) is 11.3. The number of aromatic nitrogens is 2. The van der Waals surface area contributed by atoms with E-state index in [0.717, 1.165) is 22.6 Å². The highest BCUT2D eigenvalue weighted by molar-refractivity contribution is 7.17. The molecule has 0 aromatic carbocycles. The highest BCUT2D eigenvalue weighted by atomic mass is 35.5. The van der Waals surface area contributed by atoms with Crippen molar-refractivity contribution in [2.45, 2.75) is 26.1 Å². The van der Waals surface area contributed by atoms with Gasteiger partial charge in [0.05, 0.1) is 10.8 Å². The number of furan rings is 1. The zero-order valence-corrected chi connectivity index (χ0v) is 12.9. The Labute approximate surface area is 124 Å². The lowest BCUT2D eigenvalue weighted by Crippen LogP contribution is -2.11. The maximum Gasteiger partial charge on any atom is 0.260 e. The summed E-state index contributed by atoms with van der Waals surface area (Å²) in [4.78, 5) is 20.2. The van der Waals surface area contributed by atoms with Gasteiger partial charge in [0, 0.05) is 16.5 Å². The van der Waals surface area contributed by atoms with E-state index in [1.54, 1.807) is 6.92 Å². The maximum absolute atomic E-state index is 12.3. The highest BCUT2D eigenvalue weighted by Gasteiger charge is 2.17. The number of fused-ring (bicyclic) bond motifs is 1. The number of rotatable bonds is 2. The number of hydrogen-bond acceptors (Lipinski definition) is 4. The number of aromatic amines is 1. The number of halogens is 1. The summed E-state index contributed by atoms with van der Waals surface area (Å²) >= 11 is 7.43. The van der Waals surface area contributed by atoms with Gasteiger partial charge in [-0.25, -0.2) is 4.98 Å². The predicted octanol–water partition coefficient (Wildman–Crippen LogP) is 4.16. The first kappa shape index (κ1) is 13.4. The van der Waals surface area contributed by atoms with Crippen molar-refractivity contribution in [3.63, 3.8) is 0 Å². The van der Waals surface area contributed by atoms with Crippen molar-refractivity contribution in [3.8, 4) is 11.1 Å². The normalized spacial score (nSPS) is 13.0. The molecular formula is C14H13ClN2O2S. The van der Waals surface area contributed by atoms with Gasteiger partial charge in [-0.05, 0) is 26.8 Å². The van der Waals surface area contributed by atoms with Crippen LogP contribution in [-0.2, 0) is 0 Å². The van der Waals surface area contributed by atoms with E-state index in [9.17, 15) is 4.79 Å². The van der Waals surface area contributed by atoms with Crippen LogP contribution >= 0.6 is 22.9 Å². The Hall–Kier alpha value is -1.59. The van der Waals surface area contributed by atoms with Gasteiger partial charge in [0.1, 0.15) is 22.2 Å². The molecule has 0 fully saturated rings. The number of alkyl halides is 1. The summed E-state index contributed by atoms with van der Waals surface area (Å²) in [5.41, 5.74) is 1.64. The molecule has 1 unspecified atom stereocenters. The molecular weight excluding hydrogens is 296 g/mol. The molecule has 0 saturated carbocycles. The van der Waals surface area contributed by atoms with Gasteiger partial charge in [-0.3, -0.25) is 4.79 Å². The summed E-state index contributed by atoms with van der Waals surface area (Å²) in [7, 11) is 0. The monoisotopic (exact) mass is 308 g/mol. The fraction of sp³-hybridized carbons (Fsp3) is 0.286. The second-order valence-corrected chi connectivity index (χ2v) is 6.24. The van der Waals surface area contributed by atoms with Crippen LogP contribution in [0.5, 0.6) is 0 Å². The van der Waals surface area contributed by atoms with E-state index in [-0.39, 0.29) is 10.9 Å². The topological polar surface area (TPSA) is 58.9 Å². The molecule has 4 nitrogen and oxygen atoms in total. The van der Waals surface area contributed by atoms with Crippen molar-refractivity contribution < 1.29 is 4.42 Å². The maximum atomic E-state index is 12.3. The van der Waals surface area contributed by atoms with E-state index in [2.05, 4.69) is 9.97 Å². The van der Waals surface area contributed by atoms with Gasteiger partial charge in [-0.15, -0.1) is 22.9 Å². The molecule has 0 saturated heterocycles. The van der Waals surface area contributed by atoms with Gasteiger partial charge < -0.3 is 9.40 Å². The molecule has 104 valence electrons. The third-order valence-electron chi connectivity index (χ3n) is 3.17. The molecule has 3 aromatic heterocycles. The molecule has 1 atom stereocenters. The molecule has 0 amide bonds. The highest BCUT2D eigenvalue weighted by Crippen LogP contribution is 2.34. The summed E-state index contributed by atoms with van der Waals surface area (Å²) in [6.07, 6.45) is 0. The van der Waals surface area contributed by atoms with Crippen LogP contribution in [0, 0.1) is 13.8 Å². The van der Waals surface area contributed by atoms with Gasteiger partial charge in [-0.2, -0.15) is 0 Å². The van der Waals surface area contributed by atoms with E-state index in [0.29, 0.717) is 16.0 Å². The van der Waals surface area contributed by atoms with Gasteiger partial charge in [0.25, 0.3) is 5.56 Å². The number of nitrogens with one attached hydrogen (secondary N) is 1. The second kappa shape index (κ2) is 4.75. The molecule has 3 rings (SSSR count). The molecule has 3 aromatic rings. The van der Waals surface area contributed by atoms with Gasteiger partial charge in [-0.1, -0.05) is 0 Å². The van der Waals surface area contributed by atoms with E-state index in [4.69, 9.17) is 16.0 Å². The SMILES string of the molecule is Cc1cc(-c2csc3nc(C(C)Cl)[nH]c(=O)c23)c(C)o1. The second-order valence-electron chi connectivity index (χ2n) is 4.72. The summed E-state index contributed by atoms with van der Waals surface area (Å²) in [5.74, 6) is 2.13. The summed E-state index contributed by atoms with van der Waals surface area (Å²) in [5, 5.41) is 2.21. The number of aryl methyl sites for hydroxylation is 2. The van der Waals surface area contributed by atoms with Crippen molar-refractivity contribution >= 4 is 33.2 Å². The predicted molar refractivity (Wildman–Crippen MR) is 81.7 cm³/mol. The molecule has 6 heteroatoms. The lowest BCUT2D eigenvalue weighted by Gasteiger charge is -2.02. The van der Waals surface area contributed by atoms with Crippen molar-refractivity contribution in [1.82, 2.24) is 9.97 Å². The Balaban J connectivity index is 2.29. The molecule has 0 aliphatic carbocycles. The largest absolute Gasteiger partial charge is 0.466 e. The molecule has 0 bridgehead atoms. The zero-order chi connectivity index (χ0) is 14.4. The van der Waals surface area contributed by atoms with Gasteiger partial charge in [0.2, 0.25) is 0 Å². The Morgan fingerprint density at radius 2 is 2.15 bits per heavy atom. The van der Waals surface area contributed by atoms with E-state index >= 15 is 0 Å². The lowest BCUT2D eigenvalue weighted by atomic mass is 10.1. The van der Waals surface area contributed by atoms with E-state index < -0.39 is 0 Å². The van der Waals surface area contributed by atoms with E-state index in [1.165, 1.54) is 11.3 Å². The average Bonchev–Trinajstić information content (AvgIpc) is 2.92. The molecule has 1 N–H and O–H groups in total. The van der Waals surface area contributed by atoms with Crippen molar-refractivity contribution in [2.24, 2.45) is 0 Å². The van der Waals surface area contributed by atoms with Gasteiger partial charge in [0.15, 0.2) is 0 Å². The smallest absolute Gasteiger partial charge is 0.260 e.